The number of hydrogen-bond donors (Lipinski definition) is 0. The van der Waals surface area contributed by atoms with Crippen LogP contribution in [-0.4, -0.2) is 67.0 Å². The molecule has 0 aromatic heterocycles. The van der Waals surface area contributed by atoms with Gasteiger partial charge >= 0.3 is 35.5 Å². The van der Waals surface area contributed by atoms with Crippen LogP contribution in [-0.2, 0) is 57.6 Å². The smallest absolute Gasteiger partial charge is 0.550 e. The van der Waals surface area contributed by atoms with Gasteiger partial charge in [0, 0.05) is 49.6 Å². The van der Waals surface area contributed by atoms with Crippen LogP contribution in [0.15, 0.2) is 0 Å². The van der Waals surface area contributed by atoms with Crippen molar-refractivity contribution in [2.75, 3.05) is 7.11 Å². The van der Waals surface area contributed by atoms with Crippen molar-refractivity contribution in [3.8, 4) is 0 Å². The fourth-order valence-electron chi connectivity index (χ4n) is 10.5. The van der Waals surface area contributed by atoms with Gasteiger partial charge in [0.2, 0.25) is 17.9 Å². The summed E-state index contributed by atoms with van der Waals surface area (Å²) in [5, 5.41) is 10.6. The molecule has 0 aromatic rings. The number of carboxylic acid groups (broad SMARTS) is 1. The van der Waals surface area contributed by atoms with E-state index in [9.17, 15) is 14.7 Å². The molecule has 272 valence electrons. The third kappa shape index (κ3) is 6.37. The largest absolute Gasteiger partial charge is 1.00 e. The third-order valence-corrected chi connectivity index (χ3v) is 13.2. The fourth-order valence-corrected chi connectivity index (χ4v) is 10.5. The number of rotatable bonds is 5. The molecule has 2 spiro atoms. The zero-order valence-corrected chi connectivity index (χ0v) is 32.3. The standard InChI is InChI=1S/C19H28O8.C16H26O5.Na/c1-10-4-5-13-11(2)16(23-15(22)7-6-14(20)21)24-17-19(13)12(10)8-9-18(3,25-17)26-27-19;1-9-5-6-12-10(2)13(17-4)18-14-16(12)11(9)7-8-15(3,19-14)20-21-16;/h10-13,16-17H,4-9H2,1-3H3,(H,20,21);9-14H,5-8H2,1-4H3;/q;;+1/p-1/t10-,11-,12+,13+,16?,17-,18+,19?;9-,10-,11+,12+,13?,14-,15+,16?;/m11./s1. The molecule has 13 nitrogen and oxygen atoms in total. The van der Waals surface area contributed by atoms with E-state index >= 15 is 0 Å². The Bertz CT molecular complexity index is 1240. The second kappa shape index (κ2) is 14.1. The molecule has 10 aliphatic rings. The van der Waals surface area contributed by atoms with Gasteiger partial charge in [-0.1, -0.05) is 27.7 Å². The quantitative estimate of drug-likeness (QED) is 0.229. The number of carbonyl (C=O) groups excluding carboxylic acids is 2. The number of fused-ring (bicyclic) bond motifs is 4. The SMILES string of the molecule is COC1O[C@@H]2O[C@]3(C)CC[C@H]4[C@H](C)CC[C@@H]([C@H]1C)C24OO3.C[C@@H]1CC[C@H]2[C@@H](C)C(OC(=O)CCC(=O)[O-])O[C@@H]3O[C@]4(C)CC[C@@H]1C32OO4.[Na+]. The molecule has 0 N–H and O–H groups in total. The Labute approximate surface area is 311 Å². The molecule has 10 rings (SSSR count). The first kappa shape index (κ1) is 38.3. The van der Waals surface area contributed by atoms with E-state index in [2.05, 4.69) is 20.8 Å². The summed E-state index contributed by atoms with van der Waals surface area (Å²) in [5.74, 6) is -1.21. The Hall–Kier alpha value is -0.420. The second-order valence-electron chi connectivity index (χ2n) is 16.1. The van der Waals surface area contributed by atoms with Crippen LogP contribution >= 0.6 is 0 Å². The average molecular weight is 705 g/mol. The van der Waals surface area contributed by atoms with Crippen LogP contribution < -0.4 is 34.7 Å². The van der Waals surface area contributed by atoms with E-state index in [0.717, 1.165) is 38.5 Å². The van der Waals surface area contributed by atoms with Crippen LogP contribution in [0.25, 0.3) is 0 Å². The summed E-state index contributed by atoms with van der Waals surface area (Å²) < 4.78 is 35.7. The minimum Gasteiger partial charge on any atom is -0.550 e. The predicted octanol–water partition coefficient (Wildman–Crippen LogP) is 1.11. The summed E-state index contributed by atoms with van der Waals surface area (Å²) >= 11 is 0. The summed E-state index contributed by atoms with van der Waals surface area (Å²) in [4.78, 5) is 46.2. The maximum atomic E-state index is 12.0. The zero-order chi connectivity index (χ0) is 34.2. The minimum absolute atomic E-state index is 0. The van der Waals surface area contributed by atoms with Crippen molar-refractivity contribution < 1.29 is 92.2 Å². The molecule has 0 aromatic carbocycles. The number of methoxy groups -OCH3 is 1. The number of aliphatic carboxylic acids is 1. The van der Waals surface area contributed by atoms with Crippen molar-refractivity contribution in [2.24, 2.45) is 47.3 Å². The summed E-state index contributed by atoms with van der Waals surface area (Å²) in [6.45, 7) is 12.5. The average Bonchev–Trinajstić information content (AvgIpc) is 3.42. The number of esters is 1. The molecule has 0 amide bonds. The van der Waals surface area contributed by atoms with Gasteiger partial charge in [-0.15, -0.1) is 0 Å². The number of carbonyl (C=O) groups is 2. The van der Waals surface area contributed by atoms with E-state index in [1.54, 1.807) is 7.11 Å². The summed E-state index contributed by atoms with van der Waals surface area (Å²) in [6.07, 6.45) is 5.12. The number of ether oxygens (including phenoxy) is 6. The summed E-state index contributed by atoms with van der Waals surface area (Å²) in [6, 6.07) is 0. The van der Waals surface area contributed by atoms with Gasteiger partial charge in [0.25, 0.3) is 0 Å². The molecule has 49 heavy (non-hydrogen) atoms. The molecule has 8 aliphatic heterocycles. The molecule has 2 aliphatic carbocycles. The molecule has 2 saturated carbocycles. The van der Waals surface area contributed by atoms with Crippen molar-refractivity contribution in [1.29, 1.82) is 0 Å². The number of carboxylic acids is 1. The first-order valence-corrected chi connectivity index (χ1v) is 18.1. The Kier molecular flexibility index (Phi) is 11.0. The molecule has 8 saturated heterocycles. The Morgan fingerprint density at radius 2 is 1.14 bits per heavy atom. The molecule has 4 unspecified atom stereocenters. The minimum atomic E-state index is -1.28. The van der Waals surface area contributed by atoms with Gasteiger partial charge in [-0.05, 0) is 82.5 Å². The van der Waals surface area contributed by atoms with Gasteiger partial charge in [0.15, 0.2) is 30.1 Å². The molecule has 10 fully saturated rings. The van der Waals surface area contributed by atoms with E-state index in [-0.39, 0.29) is 72.4 Å². The molecular formula is C35H53NaO13. The molecule has 4 bridgehead atoms. The molecular weight excluding hydrogens is 651 g/mol. The molecule has 8 heterocycles. The van der Waals surface area contributed by atoms with Crippen molar-refractivity contribution >= 4 is 11.9 Å². The maximum absolute atomic E-state index is 12.0. The van der Waals surface area contributed by atoms with Crippen molar-refractivity contribution in [3.05, 3.63) is 0 Å². The van der Waals surface area contributed by atoms with E-state index in [1.807, 2.05) is 20.8 Å². The normalized spacial score (nSPS) is 52.1. The van der Waals surface area contributed by atoms with Crippen LogP contribution in [0, 0.1) is 47.3 Å². The van der Waals surface area contributed by atoms with Gasteiger partial charge in [-0.2, -0.15) is 0 Å². The Balaban J connectivity index is 0.000000171. The zero-order valence-electron chi connectivity index (χ0n) is 30.3. The second-order valence-corrected chi connectivity index (χ2v) is 16.1. The van der Waals surface area contributed by atoms with Crippen molar-refractivity contribution in [2.45, 2.75) is 154 Å². The van der Waals surface area contributed by atoms with E-state index in [0.29, 0.717) is 30.1 Å². The predicted molar refractivity (Wildman–Crippen MR) is 161 cm³/mol. The Morgan fingerprint density at radius 3 is 1.61 bits per heavy atom. The first-order chi connectivity index (χ1) is 22.7. The van der Waals surface area contributed by atoms with Gasteiger partial charge in [-0.25, -0.2) is 19.6 Å². The van der Waals surface area contributed by atoms with Crippen LogP contribution in [0.5, 0.6) is 0 Å². The first-order valence-electron chi connectivity index (χ1n) is 18.1. The molecule has 14 heteroatoms. The van der Waals surface area contributed by atoms with Crippen LogP contribution in [0.2, 0.25) is 0 Å². The van der Waals surface area contributed by atoms with Gasteiger partial charge in [0.1, 0.15) is 0 Å². The van der Waals surface area contributed by atoms with Gasteiger partial charge in [-0.3, -0.25) is 4.79 Å². The van der Waals surface area contributed by atoms with Gasteiger partial charge in [0.05, 0.1) is 6.42 Å². The number of hydrogen-bond acceptors (Lipinski definition) is 13. The summed E-state index contributed by atoms with van der Waals surface area (Å²) in [5.41, 5.74) is -1.18. The van der Waals surface area contributed by atoms with Crippen LogP contribution in [0.4, 0.5) is 0 Å². The van der Waals surface area contributed by atoms with E-state index < -0.39 is 53.6 Å². The van der Waals surface area contributed by atoms with Crippen LogP contribution in [0.1, 0.15) is 106 Å². The fraction of sp³-hybridized carbons (Fsp3) is 0.943. The Morgan fingerprint density at radius 1 is 0.673 bits per heavy atom. The monoisotopic (exact) mass is 704 g/mol. The molecule has 16 atom stereocenters. The summed E-state index contributed by atoms with van der Waals surface area (Å²) in [7, 11) is 1.70. The third-order valence-electron chi connectivity index (χ3n) is 13.2. The van der Waals surface area contributed by atoms with Crippen LogP contribution in [0.3, 0.4) is 0 Å². The molecule has 0 radical (unpaired) electrons. The van der Waals surface area contributed by atoms with E-state index in [4.69, 9.17) is 48.0 Å². The van der Waals surface area contributed by atoms with Gasteiger partial charge < -0.3 is 38.3 Å². The van der Waals surface area contributed by atoms with Crippen molar-refractivity contribution in [3.63, 3.8) is 0 Å². The van der Waals surface area contributed by atoms with Crippen molar-refractivity contribution in [1.82, 2.24) is 0 Å². The maximum Gasteiger partial charge on any atom is 1.00 e. The topological polar surface area (TPSA) is 150 Å². The van der Waals surface area contributed by atoms with E-state index in [1.165, 1.54) is 6.42 Å².